The van der Waals surface area contributed by atoms with Gasteiger partial charge in [0.05, 0.1) is 11.3 Å². The van der Waals surface area contributed by atoms with E-state index < -0.39 is 17.8 Å². The van der Waals surface area contributed by atoms with Gasteiger partial charge in [0.2, 0.25) is 5.88 Å². The Labute approximate surface area is 147 Å². The minimum Gasteiger partial charge on any atom is -0.404 e. The monoisotopic (exact) mass is 360 g/mol. The molecule has 134 valence electrons. The van der Waals surface area contributed by atoms with Crippen LogP contribution in [0.4, 0.5) is 13.2 Å². The van der Waals surface area contributed by atoms with Crippen LogP contribution < -0.4 is 4.74 Å². The van der Waals surface area contributed by atoms with Crippen LogP contribution in [0, 0.1) is 13.8 Å². The molecule has 0 fully saturated rings. The lowest BCUT2D eigenvalue weighted by Gasteiger charge is -2.08. The Morgan fingerprint density at radius 3 is 2.31 bits per heavy atom. The fourth-order valence-corrected chi connectivity index (χ4v) is 2.36. The van der Waals surface area contributed by atoms with Crippen molar-refractivity contribution < 1.29 is 22.7 Å². The van der Waals surface area contributed by atoms with Gasteiger partial charge in [-0.25, -0.2) is 9.48 Å². The molecule has 26 heavy (non-hydrogen) atoms. The number of hydrogen-bond acceptors (Lipinski definition) is 3. The summed E-state index contributed by atoms with van der Waals surface area (Å²) in [5, 5.41) is 3.57. The molecule has 3 rings (SSSR count). The lowest BCUT2D eigenvalue weighted by molar-refractivity contribution is -0.141. The van der Waals surface area contributed by atoms with Crippen LogP contribution in [0.5, 0.6) is 5.88 Å². The van der Waals surface area contributed by atoms with Crippen molar-refractivity contribution >= 4 is 5.97 Å². The minimum absolute atomic E-state index is 0.237. The number of benzene rings is 2. The molecule has 0 radical (unpaired) electrons. The zero-order valence-corrected chi connectivity index (χ0v) is 14.0. The Morgan fingerprint density at radius 1 is 1.00 bits per heavy atom. The second kappa shape index (κ2) is 6.67. The van der Waals surface area contributed by atoms with E-state index in [9.17, 15) is 18.0 Å². The van der Waals surface area contributed by atoms with Gasteiger partial charge in [-0.1, -0.05) is 29.8 Å². The predicted molar refractivity (Wildman–Crippen MR) is 89.4 cm³/mol. The highest BCUT2D eigenvalue weighted by molar-refractivity contribution is 5.91. The number of rotatable bonds is 3. The summed E-state index contributed by atoms with van der Waals surface area (Å²) in [5.41, 5.74) is 1.26. The molecule has 0 unspecified atom stereocenters. The number of alkyl halides is 3. The van der Waals surface area contributed by atoms with Gasteiger partial charge in [0.15, 0.2) is 5.69 Å². The van der Waals surface area contributed by atoms with E-state index in [0.29, 0.717) is 11.8 Å². The van der Waals surface area contributed by atoms with Crippen LogP contribution in [-0.2, 0) is 6.18 Å². The van der Waals surface area contributed by atoms with Gasteiger partial charge in [0.25, 0.3) is 0 Å². The average molecular weight is 360 g/mol. The highest BCUT2D eigenvalue weighted by Crippen LogP contribution is 2.32. The first-order chi connectivity index (χ1) is 12.2. The topological polar surface area (TPSA) is 44.1 Å². The Balaban J connectivity index is 2.00. The molecule has 0 N–H and O–H groups in total. The maximum atomic E-state index is 13.1. The molecule has 2 aromatic carbocycles. The van der Waals surface area contributed by atoms with E-state index in [1.807, 2.05) is 6.92 Å². The second-order valence-corrected chi connectivity index (χ2v) is 5.87. The van der Waals surface area contributed by atoms with Gasteiger partial charge in [-0.05, 0) is 43.7 Å². The molecule has 7 heteroatoms. The maximum Gasteiger partial charge on any atom is 0.435 e. The van der Waals surface area contributed by atoms with Gasteiger partial charge in [0, 0.05) is 6.07 Å². The van der Waals surface area contributed by atoms with Crippen molar-refractivity contribution in [3.05, 3.63) is 77.0 Å². The van der Waals surface area contributed by atoms with Crippen LogP contribution in [0.3, 0.4) is 0 Å². The largest absolute Gasteiger partial charge is 0.435 e. The number of halogens is 3. The van der Waals surface area contributed by atoms with Gasteiger partial charge >= 0.3 is 12.1 Å². The van der Waals surface area contributed by atoms with Crippen molar-refractivity contribution in [3.8, 4) is 11.6 Å². The number of carbonyl (C=O) groups excluding carboxylic acids is 1. The first kappa shape index (κ1) is 17.7. The molecule has 0 saturated heterocycles. The summed E-state index contributed by atoms with van der Waals surface area (Å²) in [5.74, 6) is -1.05. The van der Waals surface area contributed by atoms with E-state index in [-0.39, 0.29) is 11.4 Å². The normalized spacial score (nSPS) is 11.4. The Hall–Kier alpha value is -3.09. The van der Waals surface area contributed by atoms with Gasteiger partial charge in [-0.15, -0.1) is 0 Å². The van der Waals surface area contributed by atoms with Crippen LogP contribution >= 0.6 is 0 Å². The van der Waals surface area contributed by atoms with Crippen LogP contribution in [0.25, 0.3) is 5.69 Å². The van der Waals surface area contributed by atoms with Gasteiger partial charge in [-0.2, -0.15) is 18.3 Å². The Bertz CT molecular complexity index is 944. The van der Waals surface area contributed by atoms with Gasteiger partial charge in [-0.3, -0.25) is 0 Å². The van der Waals surface area contributed by atoms with Crippen LogP contribution in [-0.4, -0.2) is 15.7 Å². The zero-order chi connectivity index (χ0) is 18.9. The molecule has 0 bridgehead atoms. The molecule has 0 saturated carbocycles. The Kier molecular flexibility index (Phi) is 4.54. The van der Waals surface area contributed by atoms with Gasteiger partial charge in [0.1, 0.15) is 0 Å². The smallest absolute Gasteiger partial charge is 0.404 e. The summed E-state index contributed by atoms with van der Waals surface area (Å²) in [6.45, 7) is 3.66. The molecule has 0 spiro atoms. The first-order valence-corrected chi connectivity index (χ1v) is 7.77. The number of esters is 1. The van der Waals surface area contributed by atoms with E-state index in [2.05, 4.69) is 5.10 Å². The average Bonchev–Trinajstić information content (AvgIpc) is 2.99. The molecule has 3 aromatic rings. The molecule has 0 aliphatic heterocycles. The lowest BCUT2D eigenvalue weighted by Crippen LogP contribution is -2.12. The molecule has 0 amide bonds. The lowest BCUT2D eigenvalue weighted by atomic mass is 10.1. The molecule has 0 aliphatic carbocycles. The van der Waals surface area contributed by atoms with E-state index in [1.54, 1.807) is 55.5 Å². The predicted octanol–water partition coefficient (Wildman–Crippen LogP) is 4.73. The van der Waals surface area contributed by atoms with Crippen LogP contribution in [0.1, 0.15) is 27.2 Å². The number of aryl methyl sites for hydroxylation is 2. The van der Waals surface area contributed by atoms with Crippen molar-refractivity contribution in [1.29, 1.82) is 0 Å². The maximum absolute atomic E-state index is 13.1. The van der Waals surface area contributed by atoms with E-state index in [4.69, 9.17) is 4.74 Å². The van der Waals surface area contributed by atoms with Crippen LogP contribution in [0.2, 0.25) is 0 Å². The SMILES string of the molecule is Cc1ccc(C(=O)Oc2cc(C(F)(F)F)nn2-c2cccc(C)c2)cc1. The zero-order valence-electron chi connectivity index (χ0n) is 14.0. The molecule has 1 heterocycles. The fraction of sp³-hybridized carbons (Fsp3) is 0.158. The van der Waals surface area contributed by atoms with Crippen molar-refractivity contribution in [2.75, 3.05) is 0 Å². The summed E-state index contributed by atoms with van der Waals surface area (Å²) in [4.78, 5) is 12.3. The highest BCUT2D eigenvalue weighted by atomic mass is 19.4. The van der Waals surface area contributed by atoms with E-state index >= 15 is 0 Å². The van der Waals surface area contributed by atoms with Gasteiger partial charge < -0.3 is 4.74 Å². The molecular weight excluding hydrogens is 345 g/mol. The van der Waals surface area contributed by atoms with Crippen molar-refractivity contribution in [2.45, 2.75) is 20.0 Å². The summed E-state index contributed by atoms with van der Waals surface area (Å²) in [7, 11) is 0. The molecular formula is C19H15F3N2O2. The van der Waals surface area contributed by atoms with Crippen molar-refractivity contribution in [1.82, 2.24) is 9.78 Å². The molecule has 4 nitrogen and oxygen atoms in total. The Morgan fingerprint density at radius 2 is 1.69 bits per heavy atom. The number of hydrogen-bond donors (Lipinski definition) is 0. The summed E-state index contributed by atoms with van der Waals surface area (Å²) in [6.07, 6.45) is -4.65. The summed E-state index contributed by atoms with van der Waals surface area (Å²) >= 11 is 0. The minimum atomic E-state index is -4.65. The molecule has 0 aliphatic rings. The second-order valence-electron chi connectivity index (χ2n) is 5.87. The van der Waals surface area contributed by atoms with Crippen molar-refractivity contribution in [3.63, 3.8) is 0 Å². The molecule has 1 aromatic heterocycles. The number of carbonyl (C=O) groups is 1. The summed E-state index contributed by atoms with van der Waals surface area (Å²) in [6, 6.07) is 14.0. The highest BCUT2D eigenvalue weighted by Gasteiger charge is 2.36. The fourth-order valence-electron chi connectivity index (χ4n) is 2.36. The van der Waals surface area contributed by atoms with E-state index in [0.717, 1.165) is 15.8 Å². The van der Waals surface area contributed by atoms with Crippen molar-refractivity contribution in [2.24, 2.45) is 0 Å². The quantitative estimate of drug-likeness (QED) is 0.635. The number of aromatic nitrogens is 2. The third-order valence-corrected chi connectivity index (χ3v) is 3.70. The number of nitrogens with zero attached hydrogens (tertiary/aromatic N) is 2. The van der Waals surface area contributed by atoms with Crippen LogP contribution in [0.15, 0.2) is 54.6 Å². The third-order valence-electron chi connectivity index (χ3n) is 3.70. The standard InChI is InChI=1S/C19H15F3N2O2/c1-12-6-8-14(9-7-12)18(25)26-17-11-16(19(20,21)22)23-24(17)15-5-3-4-13(2)10-15/h3-11H,1-2H3. The molecule has 0 atom stereocenters. The first-order valence-electron chi connectivity index (χ1n) is 7.77. The third kappa shape index (κ3) is 3.77. The van der Waals surface area contributed by atoms with E-state index in [1.165, 1.54) is 0 Å². The summed E-state index contributed by atoms with van der Waals surface area (Å²) < 4.78 is 45.4. The number of ether oxygens (including phenoxy) is 1.